The van der Waals surface area contributed by atoms with Crippen molar-refractivity contribution in [3.8, 4) is 0 Å². The largest absolute Gasteiger partial charge is 0.396 e. The first kappa shape index (κ1) is 9.01. The van der Waals surface area contributed by atoms with Crippen molar-refractivity contribution < 1.29 is 5.11 Å². The maximum Gasteiger partial charge on any atom is 0.0476 e. The Morgan fingerprint density at radius 3 is 2.18 bits per heavy atom. The van der Waals surface area contributed by atoms with Crippen LogP contribution >= 0.6 is 0 Å². The maximum atomic E-state index is 9.01. The summed E-state index contributed by atoms with van der Waals surface area (Å²) in [6.07, 6.45) is 1.08. The van der Waals surface area contributed by atoms with Gasteiger partial charge in [0, 0.05) is 18.6 Å². The lowest BCUT2D eigenvalue weighted by Gasteiger charge is -2.49. The predicted octanol–water partition coefficient (Wildman–Crippen LogP) is 0.988. The Morgan fingerprint density at radius 1 is 1.45 bits per heavy atom. The van der Waals surface area contributed by atoms with E-state index in [2.05, 4.69) is 20.8 Å². The van der Waals surface area contributed by atoms with Crippen LogP contribution in [0.5, 0.6) is 0 Å². The Hall–Kier alpha value is -0.0800. The van der Waals surface area contributed by atoms with Crippen LogP contribution in [-0.2, 0) is 0 Å². The van der Waals surface area contributed by atoms with Crippen molar-refractivity contribution in [2.45, 2.75) is 33.2 Å². The minimum absolute atomic E-state index is 0.240. The molecule has 0 heterocycles. The molecule has 0 aromatic rings. The highest BCUT2D eigenvalue weighted by molar-refractivity contribution is 4.96. The molecular weight excluding hydrogens is 138 g/mol. The second-order valence-corrected chi connectivity index (χ2v) is 4.72. The van der Waals surface area contributed by atoms with Crippen LogP contribution in [0.3, 0.4) is 0 Å². The van der Waals surface area contributed by atoms with Gasteiger partial charge in [0.1, 0.15) is 0 Å². The van der Waals surface area contributed by atoms with Gasteiger partial charge in [-0.05, 0) is 17.8 Å². The molecule has 1 aliphatic carbocycles. The number of hydrogen-bond donors (Lipinski definition) is 2. The molecular formula is C9H19NO. The summed E-state index contributed by atoms with van der Waals surface area (Å²) < 4.78 is 0. The summed E-state index contributed by atoms with van der Waals surface area (Å²) in [6.45, 7) is 6.90. The number of hydrogen-bond acceptors (Lipinski definition) is 2. The molecule has 0 aliphatic heterocycles. The highest BCUT2D eigenvalue weighted by Gasteiger charge is 2.44. The normalized spacial score (nSPS) is 38.5. The zero-order chi connectivity index (χ0) is 8.65. The van der Waals surface area contributed by atoms with Gasteiger partial charge in [0.15, 0.2) is 0 Å². The van der Waals surface area contributed by atoms with Crippen molar-refractivity contribution >= 4 is 0 Å². The minimum Gasteiger partial charge on any atom is -0.396 e. The van der Waals surface area contributed by atoms with Gasteiger partial charge >= 0.3 is 0 Å². The molecule has 1 aliphatic rings. The molecule has 0 saturated heterocycles. The molecule has 0 aromatic carbocycles. The zero-order valence-corrected chi connectivity index (χ0v) is 7.67. The number of aliphatic hydroxyl groups is 1. The molecule has 1 rings (SSSR count). The molecule has 0 aromatic heterocycles. The third-order valence-electron chi connectivity index (χ3n) is 2.92. The third-order valence-corrected chi connectivity index (χ3v) is 2.92. The lowest BCUT2D eigenvalue weighted by Crippen LogP contribution is -2.53. The quantitative estimate of drug-likeness (QED) is 0.596. The smallest absolute Gasteiger partial charge is 0.0476 e. The first-order valence-electron chi connectivity index (χ1n) is 4.33. The fourth-order valence-corrected chi connectivity index (χ4v) is 2.00. The Kier molecular flexibility index (Phi) is 2.26. The summed E-state index contributed by atoms with van der Waals surface area (Å²) in [5, 5.41) is 9.01. The number of rotatable bonds is 1. The monoisotopic (exact) mass is 157 g/mol. The van der Waals surface area contributed by atoms with Crippen LogP contribution in [0, 0.1) is 17.3 Å². The van der Waals surface area contributed by atoms with Crippen LogP contribution in [-0.4, -0.2) is 17.8 Å². The number of nitrogens with two attached hydrogens (primary N) is 1. The number of aliphatic hydroxyl groups excluding tert-OH is 1. The summed E-state index contributed by atoms with van der Waals surface area (Å²) in [5.74, 6) is 0.956. The fraction of sp³-hybridized carbons (Fsp3) is 1.00. The first-order valence-corrected chi connectivity index (χ1v) is 4.33. The van der Waals surface area contributed by atoms with Crippen molar-refractivity contribution in [3.05, 3.63) is 0 Å². The van der Waals surface area contributed by atoms with E-state index in [1.807, 2.05) is 0 Å². The van der Waals surface area contributed by atoms with E-state index in [4.69, 9.17) is 10.8 Å². The van der Waals surface area contributed by atoms with Gasteiger partial charge in [-0.1, -0.05) is 20.8 Å². The van der Waals surface area contributed by atoms with Gasteiger partial charge < -0.3 is 10.8 Å². The van der Waals surface area contributed by atoms with Crippen LogP contribution in [0.15, 0.2) is 0 Å². The third kappa shape index (κ3) is 1.57. The van der Waals surface area contributed by atoms with Crippen LogP contribution in [0.1, 0.15) is 27.2 Å². The molecule has 0 bridgehead atoms. The second kappa shape index (κ2) is 2.76. The fourth-order valence-electron chi connectivity index (χ4n) is 2.00. The standard InChI is InChI=1S/C9H19NO/c1-9(2,3)7-4-8(10)6(7)5-11/h6-8,11H,4-5,10H2,1-3H3/t6-,7+,8-/m1/s1. The van der Waals surface area contributed by atoms with Gasteiger partial charge in [0.25, 0.3) is 0 Å². The molecule has 2 nitrogen and oxygen atoms in total. The Labute approximate surface area is 68.8 Å². The molecule has 1 saturated carbocycles. The van der Waals surface area contributed by atoms with Crippen LogP contribution in [0.25, 0.3) is 0 Å². The lowest BCUT2D eigenvalue weighted by molar-refractivity contribution is -0.00506. The Bertz CT molecular complexity index is 139. The van der Waals surface area contributed by atoms with E-state index >= 15 is 0 Å². The molecule has 0 radical (unpaired) electrons. The molecule has 0 amide bonds. The van der Waals surface area contributed by atoms with E-state index in [1.54, 1.807) is 0 Å². The highest BCUT2D eigenvalue weighted by Crippen LogP contribution is 2.44. The van der Waals surface area contributed by atoms with Crippen molar-refractivity contribution in [2.75, 3.05) is 6.61 Å². The maximum absolute atomic E-state index is 9.01. The van der Waals surface area contributed by atoms with E-state index in [-0.39, 0.29) is 12.6 Å². The van der Waals surface area contributed by atoms with E-state index in [9.17, 15) is 0 Å². The van der Waals surface area contributed by atoms with Crippen LogP contribution < -0.4 is 5.73 Å². The van der Waals surface area contributed by atoms with Gasteiger partial charge in [0.05, 0.1) is 0 Å². The van der Waals surface area contributed by atoms with Crippen LogP contribution in [0.4, 0.5) is 0 Å². The van der Waals surface area contributed by atoms with E-state index in [0.717, 1.165) is 6.42 Å². The SMILES string of the molecule is CC(C)(C)[C@H]1C[C@@H](N)[C@@H]1CO. The van der Waals surface area contributed by atoms with Crippen molar-refractivity contribution in [1.82, 2.24) is 0 Å². The van der Waals surface area contributed by atoms with Crippen molar-refractivity contribution in [1.29, 1.82) is 0 Å². The average Bonchev–Trinajstić information content (AvgIpc) is 1.81. The zero-order valence-electron chi connectivity index (χ0n) is 7.67. The van der Waals surface area contributed by atoms with Crippen molar-refractivity contribution in [3.63, 3.8) is 0 Å². The predicted molar refractivity (Wildman–Crippen MR) is 46.1 cm³/mol. The summed E-state index contributed by atoms with van der Waals surface area (Å²) in [7, 11) is 0. The summed E-state index contributed by atoms with van der Waals surface area (Å²) in [6, 6.07) is 0.240. The Balaban J connectivity index is 2.51. The second-order valence-electron chi connectivity index (χ2n) is 4.72. The van der Waals surface area contributed by atoms with E-state index in [1.165, 1.54) is 0 Å². The summed E-state index contributed by atoms with van der Waals surface area (Å²) >= 11 is 0. The molecule has 3 atom stereocenters. The molecule has 2 heteroatoms. The first-order chi connectivity index (χ1) is 4.96. The molecule has 11 heavy (non-hydrogen) atoms. The molecule has 0 unspecified atom stereocenters. The van der Waals surface area contributed by atoms with Crippen molar-refractivity contribution in [2.24, 2.45) is 23.0 Å². The highest BCUT2D eigenvalue weighted by atomic mass is 16.3. The minimum atomic E-state index is 0.240. The Morgan fingerprint density at radius 2 is 2.00 bits per heavy atom. The summed E-state index contributed by atoms with van der Waals surface area (Å²) in [5.41, 5.74) is 6.07. The average molecular weight is 157 g/mol. The molecule has 0 spiro atoms. The summed E-state index contributed by atoms with van der Waals surface area (Å²) in [4.78, 5) is 0. The van der Waals surface area contributed by atoms with E-state index in [0.29, 0.717) is 17.3 Å². The van der Waals surface area contributed by atoms with Gasteiger partial charge in [0.2, 0.25) is 0 Å². The molecule has 1 fully saturated rings. The van der Waals surface area contributed by atoms with E-state index < -0.39 is 0 Å². The van der Waals surface area contributed by atoms with Crippen LogP contribution in [0.2, 0.25) is 0 Å². The van der Waals surface area contributed by atoms with Gasteiger partial charge in [-0.3, -0.25) is 0 Å². The molecule has 66 valence electrons. The lowest BCUT2D eigenvalue weighted by atomic mass is 9.59. The van der Waals surface area contributed by atoms with Gasteiger partial charge in [-0.25, -0.2) is 0 Å². The van der Waals surface area contributed by atoms with Gasteiger partial charge in [-0.15, -0.1) is 0 Å². The molecule has 3 N–H and O–H groups in total. The van der Waals surface area contributed by atoms with Gasteiger partial charge in [-0.2, -0.15) is 0 Å². The topological polar surface area (TPSA) is 46.2 Å².